The van der Waals surface area contributed by atoms with Crippen LogP contribution >= 0.6 is 0 Å². The zero-order valence-corrected chi connectivity index (χ0v) is 9.52. The molecule has 1 aromatic heterocycles. The lowest BCUT2D eigenvalue weighted by atomic mass is 10.2. The van der Waals surface area contributed by atoms with E-state index in [9.17, 15) is 4.79 Å². The van der Waals surface area contributed by atoms with E-state index in [1.54, 1.807) is 12.5 Å². The van der Waals surface area contributed by atoms with Crippen molar-refractivity contribution in [1.29, 1.82) is 0 Å². The van der Waals surface area contributed by atoms with Gasteiger partial charge in [-0.05, 0) is 32.4 Å². The van der Waals surface area contributed by atoms with Crippen molar-refractivity contribution in [3.63, 3.8) is 0 Å². The Bertz CT molecular complexity index is 334. The molecular formula is C12H17NO3. The van der Waals surface area contributed by atoms with E-state index in [0.717, 1.165) is 31.5 Å². The van der Waals surface area contributed by atoms with E-state index in [0.29, 0.717) is 6.61 Å². The number of nitrogens with zero attached hydrogens (tertiary/aromatic N) is 1. The molecule has 4 heteroatoms. The molecule has 1 unspecified atom stereocenters. The highest BCUT2D eigenvalue weighted by atomic mass is 16.5. The number of hydrogen-bond acceptors (Lipinski definition) is 4. The van der Waals surface area contributed by atoms with Crippen LogP contribution in [0.4, 0.5) is 0 Å². The van der Waals surface area contributed by atoms with Gasteiger partial charge < -0.3 is 9.15 Å². The van der Waals surface area contributed by atoms with Crippen LogP contribution in [-0.2, 0) is 16.1 Å². The van der Waals surface area contributed by atoms with E-state index in [2.05, 4.69) is 4.90 Å². The number of likely N-dealkylation sites (tertiary alicyclic amines) is 1. The minimum absolute atomic E-state index is 0.0742. The van der Waals surface area contributed by atoms with Crippen LogP contribution in [0.1, 0.15) is 25.3 Å². The van der Waals surface area contributed by atoms with Gasteiger partial charge in [-0.3, -0.25) is 9.69 Å². The zero-order chi connectivity index (χ0) is 11.4. The fourth-order valence-corrected chi connectivity index (χ4v) is 2.14. The Kier molecular flexibility index (Phi) is 3.62. The minimum atomic E-state index is -0.0940. The molecule has 2 heterocycles. The Morgan fingerprint density at radius 3 is 3.25 bits per heavy atom. The lowest BCUT2D eigenvalue weighted by Crippen LogP contribution is -2.36. The van der Waals surface area contributed by atoms with Crippen LogP contribution in [0.25, 0.3) is 0 Å². The summed E-state index contributed by atoms with van der Waals surface area (Å²) in [6.07, 6.45) is 5.34. The lowest BCUT2D eigenvalue weighted by Gasteiger charge is -2.21. The fourth-order valence-electron chi connectivity index (χ4n) is 2.14. The number of esters is 1. The summed E-state index contributed by atoms with van der Waals surface area (Å²) in [5.74, 6) is -0.0940. The third kappa shape index (κ3) is 2.44. The molecule has 0 N–H and O–H groups in total. The highest BCUT2D eigenvalue weighted by Crippen LogP contribution is 2.21. The molecule has 2 rings (SSSR count). The molecule has 0 aromatic carbocycles. The van der Waals surface area contributed by atoms with Gasteiger partial charge in [-0.2, -0.15) is 0 Å². The van der Waals surface area contributed by atoms with E-state index in [1.165, 1.54) is 0 Å². The van der Waals surface area contributed by atoms with Crippen LogP contribution in [0, 0.1) is 0 Å². The summed E-state index contributed by atoms with van der Waals surface area (Å²) >= 11 is 0. The monoisotopic (exact) mass is 223 g/mol. The molecule has 1 atom stereocenters. The Morgan fingerprint density at radius 1 is 1.69 bits per heavy atom. The first-order valence-electron chi connectivity index (χ1n) is 5.73. The van der Waals surface area contributed by atoms with Crippen molar-refractivity contribution in [1.82, 2.24) is 4.90 Å². The minimum Gasteiger partial charge on any atom is -0.472 e. The van der Waals surface area contributed by atoms with Crippen LogP contribution < -0.4 is 0 Å². The van der Waals surface area contributed by atoms with E-state index in [1.807, 2.05) is 13.0 Å². The van der Waals surface area contributed by atoms with Gasteiger partial charge in [0.1, 0.15) is 6.04 Å². The number of carbonyl (C=O) groups excluding carboxylic acids is 1. The highest BCUT2D eigenvalue weighted by molar-refractivity contribution is 5.76. The second-order valence-electron chi connectivity index (χ2n) is 4.01. The maximum Gasteiger partial charge on any atom is 0.323 e. The van der Waals surface area contributed by atoms with E-state index in [4.69, 9.17) is 9.15 Å². The van der Waals surface area contributed by atoms with Crippen molar-refractivity contribution in [2.45, 2.75) is 32.4 Å². The van der Waals surface area contributed by atoms with Crippen molar-refractivity contribution in [3.05, 3.63) is 24.2 Å². The number of hydrogen-bond donors (Lipinski definition) is 0. The van der Waals surface area contributed by atoms with Crippen LogP contribution in [0.2, 0.25) is 0 Å². The Balaban J connectivity index is 1.95. The standard InChI is InChI=1S/C12H17NO3/c1-2-16-12(14)11-4-3-6-13(11)8-10-5-7-15-9-10/h5,7,9,11H,2-4,6,8H2,1H3. The van der Waals surface area contributed by atoms with Gasteiger partial charge in [0, 0.05) is 12.1 Å². The predicted octanol–water partition coefficient (Wildman–Crippen LogP) is 1.81. The fraction of sp³-hybridized carbons (Fsp3) is 0.583. The molecule has 0 bridgehead atoms. The quantitative estimate of drug-likeness (QED) is 0.730. The molecule has 88 valence electrons. The molecule has 0 aliphatic carbocycles. The Labute approximate surface area is 95.2 Å². The summed E-state index contributed by atoms with van der Waals surface area (Å²) in [7, 11) is 0. The summed E-state index contributed by atoms with van der Waals surface area (Å²) < 4.78 is 10.1. The second kappa shape index (κ2) is 5.16. The zero-order valence-electron chi connectivity index (χ0n) is 9.52. The third-order valence-electron chi connectivity index (χ3n) is 2.89. The second-order valence-corrected chi connectivity index (χ2v) is 4.01. The summed E-state index contributed by atoms with van der Waals surface area (Å²) in [4.78, 5) is 13.9. The molecule has 1 aliphatic rings. The van der Waals surface area contributed by atoms with Crippen LogP contribution in [0.15, 0.2) is 23.0 Å². The first-order chi connectivity index (χ1) is 7.81. The predicted molar refractivity (Wildman–Crippen MR) is 58.8 cm³/mol. The molecule has 1 aliphatic heterocycles. The SMILES string of the molecule is CCOC(=O)C1CCCN1Cc1ccoc1. The van der Waals surface area contributed by atoms with E-state index >= 15 is 0 Å². The Hall–Kier alpha value is -1.29. The third-order valence-corrected chi connectivity index (χ3v) is 2.89. The van der Waals surface area contributed by atoms with Gasteiger partial charge in [0.05, 0.1) is 19.1 Å². The van der Waals surface area contributed by atoms with Crippen molar-refractivity contribution < 1.29 is 13.9 Å². The average Bonchev–Trinajstić information content (AvgIpc) is 2.90. The van der Waals surface area contributed by atoms with Gasteiger partial charge >= 0.3 is 5.97 Å². The molecule has 1 fully saturated rings. The van der Waals surface area contributed by atoms with Crippen LogP contribution in [-0.4, -0.2) is 30.1 Å². The topological polar surface area (TPSA) is 42.7 Å². The maximum absolute atomic E-state index is 11.7. The van der Waals surface area contributed by atoms with Crippen molar-refractivity contribution >= 4 is 5.97 Å². The smallest absolute Gasteiger partial charge is 0.323 e. The molecule has 1 saturated heterocycles. The first kappa shape index (κ1) is 11.2. The summed E-state index contributed by atoms with van der Waals surface area (Å²) in [5, 5.41) is 0. The molecule has 4 nitrogen and oxygen atoms in total. The van der Waals surface area contributed by atoms with Gasteiger partial charge in [-0.1, -0.05) is 0 Å². The molecular weight excluding hydrogens is 206 g/mol. The highest BCUT2D eigenvalue weighted by Gasteiger charge is 2.31. The largest absolute Gasteiger partial charge is 0.472 e. The summed E-state index contributed by atoms with van der Waals surface area (Å²) in [6.45, 7) is 4.01. The van der Waals surface area contributed by atoms with Crippen molar-refractivity contribution in [3.8, 4) is 0 Å². The van der Waals surface area contributed by atoms with Gasteiger partial charge in [0.15, 0.2) is 0 Å². The first-order valence-corrected chi connectivity index (χ1v) is 5.73. The molecule has 0 saturated carbocycles. The van der Waals surface area contributed by atoms with Crippen LogP contribution in [0.3, 0.4) is 0 Å². The van der Waals surface area contributed by atoms with Crippen LogP contribution in [0.5, 0.6) is 0 Å². The van der Waals surface area contributed by atoms with Gasteiger partial charge in [0.2, 0.25) is 0 Å². The summed E-state index contributed by atoms with van der Waals surface area (Å²) in [6, 6.07) is 1.86. The Morgan fingerprint density at radius 2 is 2.56 bits per heavy atom. The number of rotatable bonds is 4. The molecule has 0 amide bonds. The molecule has 16 heavy (non-hydrogen) atoms. The molecule has 0 radical (unpaired) electrons. The van der Waals surface area contributed by atoms with E-state index in [-0.39, 0.29) is 12.0 Å². The maximum atomic E-state index is 11.7. The number of carbonyl (C=O) groups is 1. The average molecular weight is 223 g/mol. The molecule has 1 aromatic rings. The number of ether oxygens (including phenoxy) is 1. The van der Waals surface area contributed by atoms with Gasteiger partial charge in [0.25, 0.3) is 0 Å². The lowest BCUT2D eigenvalue weighted by molar-refractivity contribution is -0.148. The van der Waals surface area contributed by atoms with Gasteiger partial charge in [-0.15, -0.1) is 0 Å². The van der Waals surface area contributed by atoms with Gasteiger partial charge in [-0.25, -0.2) is 0 Å². The van der Waals surface area contributed by atoms with E-state index < -0.39 is 0 Å². The molecule has 0 spiro atoms. The summed E-state index contributed by atoms with van der Waals surface area (Å²) in [5.41, 5.74) is 1.11. The normalized spacial score (nSPS) is 21.2. The number of furan rings is 1. The van der Waals surface area contributed by atoms with Crippen molar-refractivity contribution in [2.75, 3.05) is 13.2 Å². The van der Waals surface area contributed by atoms with Crippen molar-refractivity contribution in [2.24, 2.45) is 0 Å².